The molecular weight excluding hydrogens is 188 g/mol. The Hall–Kier alpha value is -1.97. The summed E-state index contributed by atoms with van der Waals surface area (Å²) in [6.07, 6.45) is 5.45. The minimum atomic E-state index is 0.881. The number of hydrogen-bond acceptors (Lipinski definition) is 2. The van der Waals surface area contributed by atoms with Gasteiger partial charge in [0.2, 0.25) is 11.8 Å². The fraction of sp³-hybridized carbons (Fsp3) is 0.182. The van der Waals surface area contributed by atoms with Crippen LogP contribution < -0.4 is 10.1 Å². The van der Waals surface area contributed by atoms with Crippen LogP contribution in [0.3, 0.4) is 0 Å². The summed E-state index contributed by atoms with van der Waals surface area (Å²) in [5, 5.41) is 0. The second kappa shape index (κ2) is 4.04. The van der Waals surface area contributed by atoms with Crippen LogP contribution in [0.5, 0.6) is 0 Å². The maximum Gasteiger partial charge on any atom is 0.267 e. The Bertz CT molecular complexity index is 528. The number of aryl methyl sites for hydroxylation is 2. The molecule has 2 aromatic rings. The molecule has 0 spiro atoms. The van der Waals surface area contributed by atoms with Crippen molar-refractivity contribution < 1.29 is 4.57 Å². The lowest BCUT2D eigenvalue weighted by atomic mass is 10.5. The molecule has 0 amide bonds. The van der Waals surface area contributed by atoms with E-state index in [9.17, 15) is 0 Å². The molecule has 0 radical (unpaired) electrons. The summed E-state index contributed by atoms with van der Waals surface area (Å²) in [5.74, 6) is 0.881. The van der Waals surface area contributed by atoms with Crippen molar-refractivity contribution in [3.8, 4) is 0 Å². The highest BCUT2D eigenvalue weighted by Gasteiger charge is 2.00. The maximum absolute atomic E-state index is 4.53. The topological polar surface area (TPSA) is 34.1 Å². The van der Waals surface area contributed by atoms with E-state index < -0.39 is 0 Å². The molecule has 0 aromatic carbocycles. The van der Waals surface area contributed by atoms with Crippen LogP contribution in [-0.4, -0.2) is 9.55 Å². The van der Waals surface area contributed by atoms with Crippen molar-refractivity contribution >= 4 is 5.82 Å². The zero-order valence-electron chi connectivity index (χ0n) is 8.83. The van der Waals surface area contributed by atoms with E-state index in [2.05, 4.69) is 9.98 Å². The van der Waals surface area contributed by atoms with Crippen LogP contribution in [0.2, 0.25) is 0 Å². The number of rotatable bonds is 1. The van der Waals surface area contributed by atoms with Crippen molar-refractivity contribution in [1.82, 2.24) is 9.55 Å². The van der Waals surface area contributed by atoms with Gasteiger partial charge in [-0.2, -0.15) is 0 Å². The molecular formula is C11H13N4+. The molecule has 76 valence electrons. The van der Waals surface area contributed by atoms with E-state index in [1.54, 1.807) is 12.5 Å². The second-order valence-electron chi connectivity index (χ2n) is 3.33. The molecule has 4 nitrogen and oxygen atoms in total. The highest BCUT2D eigenvalue weighted by Crippen LogP contribution is 1.98. The van der Waals surface area contributed by atoms with E-state index in [-0.39, 0.29) is 0 Å². The number of pyridine rings is 1. The van der Waals surface area contributed by atoms with Crippen molar-refractivity contribution in [1.29, 1.82) is 0 Å². The van der Waals surface area contributed by atoms with E-state index in [4.69, 9.17) is 0 Å². The van der Waals surface area contributed by atoms with Crippen LogP contribution in [0.15, 0.2) is 48.0 Å². The van der Waals surface area contributed by atoms with Gasteiger partial charge in [-0.3, -0.25) is 0 Å². The standard InChI is InChI=1S/C11H13N4/c1-14-8-4-3-5-10(14)13-11-6-7-12-9-15(11)2/h3-9H,1-2H3/q+1. The average Bonchev–Trinajstić information content (AvgIpc) is 2.24. The predicted molar refractivity (Wildman–Crippen MR) is 56.0 cm³/mol. The third-order valence-electron chi connectivity index (χ3n) is 2.17. The number of aromatic nitrogens is 3. The molecule has 0 saturated heterocycles. The van der Waals surface area contributed by atoms with Crippen LogP contribution in [0.1, 0.15) is 0 Å². The van der Waals surface area contributed by atoms with Gasteiger partial charge in [0.05, 0.1) is 7.05 Å². The average molecular weight is 201 g/mol. The Morgan fingerprint density at radius 1 is 1.33 bits per heavy atom. The van der Waals surface area contributed by atoms with Gasteiger partial charge in [-0.15, -0.1) is 4.98 Å². The van der Waals surface area contributed by atoms with Gasteiger partial charge in [-0.25, -0.2) is 4.57 Å². The van der Waals surface area contributed by atoms with E-state index in [0.717, 1.165) is 11.3 Å². The quantitative estimate of drug-likeness (QED) is 0.618. The summed E-state index contributed by atoms with van der Waals surface area (Å²) in [4.78, 5) is 8.53. The minimum absolute atomic E-state index is 0.881. The third kappa shape index (κ3) is 2.10. The maximum atomic E-state index is 4.53. The molecule has 0 atom stereocenters. The van der Waals surface area contributed by atoms with Crippen molar-refractivity contribution in [2.75, 3.05) is 0 Å². The summed E-state index contributed by atoms with van der Waals surface area (Å²) < 4.78 is 3.85. The van der Waals surface area contributed by atoms with E-state index in [1.807, 2.05) is 53.7 Å². The molecule has 2 heterocycles. The van der Waals surface area contributed by atoms with Gasteiger partial charge in [0.25, 0.3) is 5.82 Å². The van der Waals surface area contributed by atoms with Crippen molar-refractivity contribution in [2.24, 2.45) is 19.1 Å². The van der Waals surface area contributed by atoms with Gasteiger partial charge in [-0.1, -0.05) is 11.1 Å². The summed E-state index contributed by atoms with van der Waals surface area (Å²) in [6, 6.07) is 7.80. The van der Waals surface area contributed by atoms with Gasteiger partial charge in [0.1, 0.15) is 6.20 Å². The largest absolute Gasteiger partial charge is 0.322 e. The molecule has 0 N–H and O–H groups in total. The zero-order chi connectivity index (χ0) is 10.7. The van der Waals surface area contributed by atoms with Gasteiger partial charge >= 0.3 is 0 Å². The molecule has 0 aliphatic heterocycles. The Morgan fingerprint density at radius 3 is 2.93 bits per heavy atom. The molecule has 15 heavy (non-hydrogen) atoms. The SMILES string of the molecule is Cn1ccccc1=Nc1ccnc[n+]1C. The first-order valence-electron chi connectivity index (χ1n) is 4.73. The molecule has 2 rings (SSSR count). The van der Waals surface area contributed by atoms with Crippen LogP contribution in [0, 0.1) is 0 Å². The van der Waals surface area contributed by atoms with Gasteiger partial charge < -0.3 is 4.57 Å². The first-order chi connectivity index (χ1) is 7.27. The van der Waals surface area contributed by atoms with Gasteiger partial charge in [0, 0.05) is 19.3 Å². The third-order valence-corrected chi connectivity index (χ3v) is 2.17. The number of nitrogens with zero attached hydrogens (tertiary/aromatic N) is 4. The molecule has 4 heteroatoms. The highest BCUT2D eigenvalue weighted by atomic mass is 15.1. The van der Waals surface area contributed by atoms with Gasteiger partial charge in [0.15, 0.2) is 0 Å². The predicted octanol–water partition coefficient (Wildman–Crippen LogP) is 0.477. The highest BCUT2D eigenvalue weighted by molar-refractivity contribution is 5.16. The lowest BCUT2D eigenvalue weighted by Gasteiger charge is -1.96. The van der Waals surface area contributed by atoms with Crippen LogP contribution >= 0.6 is 0 Å². The van der Waals surface area contributed by atoms with Crippen molar-refractivity contribution in [3.63, 3.8) is 0 Å². The first-order valence-corrected chi connectivity index (χ1v) is 4.73. The van der Waals surface area contributed by atoms with E-state index >= 15 is 0 Å². The Balaban J connectivity index is 2.57. The van der Waals surface area contributed by atoms with Gasteiger partial charge in [-0.05, 0) is 12.1 Å². The molecule has 0 saturated carbocycles. The summed E-state index contributed by atoms with van der Waals surface area (Å²) in [6.45, 7) is 0. The van der Waals surface area contributed by atoms with Crippen molar-refractivity contribution in [2.45, 2.75) is 0 Å². The van der Waals surface area contributed by atoms with E-state index in [1.165, 1.54) is 0 Å². The normalized spacial score (nSPS) is 11.7. The van der Waals surface area contributed by atoms with Crippen molar-refractivity contribution in [3.05, 3.63) is 48.5 Å². The van der Waals surface area contributed by atoms with E-state index in [0.29, 0.717) is 0 Å². The molecule has 0 aliphatic carbocycles. The monoisotopic (exact) mass is 201 g/mol. The van der Waals surface area contributed by atoms with Crippen LogP contribution in [-0.2, 0) is 14.1 Å². The fourth-order valence-electron chi connectivity index (χ4n) is 1.29. The lowest BCUT2D eigenvalue weighted by Crippen LogP contribution is -2.29. The summed E-state index contributed by atoms with van der Waals surface area (Å²) >= 11 is 0. The number of hydrogen-bond donors (Lipinski definition) is 0. The fourth-order valence-corrected chi connectivity index (χ4v) is 1.29. The Labute approximate surface area is 88.2 Å². The first kappa shape index (κ1) is 9.58. The minimum Gasteiger partial charge on any atom is -0.322 e. The van der Waals surface area contributed by atoms with Crippen LogP contribution in [0.25, 0.3) is 0 Å². The summed E-state index contributed by atoms with van der Waals surface area (Å²) in [5.41, 5.74) is 0.916. The molecule has 0 unspecified atom stereocenters. The molecule has 2 aromatic heterocycles. The molecule has 0 fully saturated rings. The Morgan fingerprint density at radius 2 is 2.20 bits per heavy atom. The molecule has 0 aliphatic rings. The smallest absolute Gasteiger partial charge is 0.267 e. The van der Waals surface area contributed by atoms with Crippen LogP contribution in [0.4, 0.5) is 5.82 Å². The lowest BCUT2D eigenvalue weighted by molar-refractivity contribution is -0.661. The summed E-state index contributed by atoms with van der Waals surface area (Å²) in [7, 11) is 3.90. The molecule has 0 bridgehead atoms. The zero-order valence-corrected chi connectivity index (χ0v) is 8.83. The Kier molecular flexibility index (Phi) is 2.58. The second-order valence-corrected chi connectivity index (χ2v) is 3.33.